The zero-order valence-corrected chi connectivity index (χ0v) is 18.2. The van der Waals surface area contributed by atoms with Gasteiger partial charge in [0.05, 0.1) is 17.3 Å². The molecule has 0 spiro atoms. The highest BCUT2D eigenvalue weighted by atomic mass is 35.5. The van der Waals surface area contributed by atoms with Crippen LogP contribution in [0.2, 0.25) is 0 Å². The SMILES string of the molecule is O=C(OC[C@H]1O[C@@H](n2cc(F)c(=O)[nH]c2=O)[C@@H](Cl)[C@@H]1OC(=O)c1ccccc1)c1ccccc1. The third-order valence-corrected chi connectivity index (χ3v) is 5.57. The predicted molar refractivity (Wildman–Crippen MR) is 117 cm³/mol. The van der Waals surface area contributed by atoms with Gasteiger partial charge in [-0.15, -0.1) is 11.6 Å². The predicted octanol–water partition coefficient (Wildman–Crippen LogP) is 2.26. The fourth-order valence-electron chi connectivity index (χ4n) is 3.42. The van der Waals surface area contributed by atoms with E-state index >= 15 is 0 Å². The van der Waals surface area contributed by atoms with Crippen molar-refractivity contribution < 1.29 is 28.2 Å². The Morgan fingerprint density at radius 2 is 1.59 bits per heavy atom. The van der Waals surface area contributed by atoms with Crippen molar-refractivity contribution in [3.63, 3.8) is 0 Å². The summed E-state index contributed by atoms with van der Waals surface area (Å²) in [4.78, 5) is 50.4. The maximum absolute atomic E-state index is 13.9. The second-order valence-corrected chi connectivity index (χ2v) is 7.86. The summed E-state index contributed by atoms with van der Waals surface area (Å²) in [5.41, 5.74) is -1.65. The van der Waals surface area contributed by atoms with Gasteiger partial charge in [0.2, 0.25) is 5.82 Å². The minimum absolute atomic E-state index is 0.238. The summed E-state index contributed by atoms with van der Waals surface area (Å²) >= 11 is 6.48. The van der Waals surface area contributed by atoms with E-state index in [9.17, 15) is 23.6 Å². The molecule has 1 aliphatic rings. The van der Waals surface area contributed by atoms with Crippen molar-refractivity contribution >= 4 is 23.5 Å². The molecule has 176 valence electrons. The van der Waals surface area contributed by atoms with E-state index in [-0.39, 0.29) is 17.7 Å². The molecule has 34 heavy (non-hydrogen) atoms. The van der Waals surface area contributed by atoms with E-state index in [0.29, 0.717) is 6.20 Å². The molecule has 0 unspecified atom stereocenters. The maximum Gasteiger partial charge on any atom is 0.338 e. The standard InChI is InChI=1S/C23H18ClFN2O7/c24-17-18(34-22(30)14-9-5-2-6-10-14)16(12-32-21(29)13-7-3-1-4-8-13)33-20(17)27-11-15(25)19(28)26-23(27)31/h1-11,16-18,20H,12H2,(H,26,28,31)/t16-,17+,18-,20-/m1/s1. The van der Waals surface area contributed by atoms with E-state index in [2.05, 4.69) is 0 Å². The molecule has 1 fully saturated rings. The number of carbonyl (C=O) groups excluding carboxylic acids is 2. The number of halogens is 2. The quantitative estimate of drug-likeness (QED) is 0.418. The summed E-state index contributed by atoms with van der Waals surface area (Å²) in [6.45, 7) is -0.374. The van der Waals surface area contributed by atoms with Crippen LogP contribution in [0.5, 0.6) is 0 Å². The molecule has 1 saturated heterocycles. The number of aromatic amines is 1. The van der Waals surface area contributed by atoms with Crippen LogP contribution >= 0.6 is 11.6 Å². The molecule has 0 saturated carbocycles. The minimum Gasteiger partial charge on any atom is -0.459 e. The first-order valence-electron chi connectivity index (χ1n) is 10.1. The number of ether oxygens (including phenoxy) is 3. The molecule has 0 aliphatic carbocycles. The summed E-state index contributed by atoms with van der Waals surface area (Å²) in [7, 11) is 0. The van der Waals surface area contributed by atoms with Gasteiger partial charge in [-0.3, -0.25) is 14.3 Å². The van der Waals surface area contributed by atoms with Gasteiger partial charge in [-0.25, -0.2) is 14.4 Å². The highest BCUT2D eigenvalue weighted by Gasteiger charge is 2.48. The first kappa shape index (κ1) is 23.4. The molecule has 0 amide bonds. The summed E-state index contributed by atoms with van der Waals surface area (Å²) in [5.74, 6) is -2.61. The van der Waals surface area contributed by atoms with Gasteiger partial charge in [0.15, 0.2) is 12.3 Å². The summed E-state index contributed by atoms with van der Waals surface area (Å²) in [6.07, 6.45) is -2.94. The Hall–Kier alpha value is -3.76. The van der Waals surface area contributed by atoms with Crippen molar-refractivity contribution in [3.8, 4) is 0 Å². The van der Waals surface area contributed by atoms with E-state index in [1.54, 1.807) is 48.5 Å². The number of aromatic nitrogens is 2. The molecule has 9 nitrogen and oxygen atoms in total. The van der Waals surface area contributed by atoms with Crippen LogP contribution in [0.3, 0.4) is 0 Å². The van der Waals surface area contributed by atoms with Gasteiger partial charge in [0.1, 0.15) is 18.1 Å². The number of rotatable bonds is 6. The zero-order valence-electron chi connectivity index (χ0n) is 17.4. The van der Waals surface area contributed by atoms with Crippen molar-refractivity contribution in [1.82, 2.24) is 9.55 Å². The van der Waals surface area contributed by atoms with E-state index in [1.807, 2.05) is 4.98 Å². The van der Waals surface area contributed by atoms with Crippen LogP contribution in [0.4, 0.5) is 4.39 Å². The summed E-state index contributed by atoms with van der Waals surface area (Å²) in [6, 6.07) is 16.2. The molecule has 1 N–H and O–H groups in total. The average molecular weight is 489 g/mol. The fraction of sp³-hybridized carbons (Fsp3) is 0.217. The van der Waals surface area contributed by atoms with Crippen LogP contribution < -0.4 is 11.2 Å². The van der Waals surface area contributed by atoms with Gasteiger partial charge in [-0.1, -0.05) is 36.4 Å². The monoisotopic (exact) mass is 488 g/mol. The number of nitrogens with one attached hydrogen (secondary N) is 1. The van der Waals surface area contributed by atoms with E-state index in [1.165, 1.54) is 12.1 Å². The van der Waals surface area contributed by atoms with Gasteiger partial charge < -0.3 is 14.2 Å². The molecule has 4 atom stereocenters. The van der Waals surface area contributed by atoms with Crippen molar-refractivity contribution in [3.05, 3.63) is 105 Å². The number of hydrogen-bond donors (Lipinski definition) is 1. The lowest BCUT2D eigenvalue weighted by atomic mass is 10.1. The third-order valence-electron chi connectivity index (χ3n) is 5.11. The number of hydrogen-bond acceptors (Lipinski definition) is 7. The molecular weight excluding hydrogens is 471 g/mol. The lowest BCUT2D eigenvalue weighted by Crippen LogP contribution is -2.38. The Kier molecular flexibility index (Phi) is 6.90. The Morgan fingerprint density at radius 1 is 1.00 bits per heavy atom. The fourth-order valence-corrected chi connectivity index (χ4v) is 3.82. The van der Waals surface area contributed by atoms with Crippen LogP contribution in [0, 0.1) is 5.82 Å². The molecule has 1 aliphatic heterocycles. The largest absolute Gasteiger partial charge is 0.459 e. The molecule has 2 heterocycles. The van der Waals surface area contributed by atoms with E-state index in [0.717, 1.165) is 4.57 Å². The van der Waals surface area contributed by atoms with E-state index in [4.69, 9.17) is 25.8 Å². The first-order valence-corrected chi connectivity index (χ1v) is 10.6. The minimum atomic E-state index is -1.32. The second-order valence-electron chi connectivity index (χ2n) is 7.35. The molecular formula is C23H18ClFN2O7. The molecule has 1 aromatic heterocycles. The van der Waals surface area contributed by atoms with Crippen molar-refractivity contribution in [1.29, 1.82) is 0 Å². The normalized spacial score (nSPS) is 21.7. The second kappa shape index (κ2) is 10.0. The first-order chi connectivity index (χ1) is 16.3. The Balaban J connectivity index is 1.59. The lowest BCUT2D eigenvalue weighted by Gasteiger charge is -2.20. The number of benzene rings is 2. The Labute approximate surface area is 196 Å². The van der Waals surface area contributed by atoms with Crippen molar-refractivity contribution in [2.45, 2.75) is 23.8 Å². The number of carbonyl (C=O) groups is 2. The maximum atomic E-state index is 13.9. The number of alkyl halides is 1. The molecule has 4 rings (SSSR count). The van der Waals surface area contributed by atoms with Gasteiger partial charge >= 0.3 is 17.6 Å². The number of nitrogens with zero attached hydrogens (tertiary/aromatic N) is 1. The zero-order chi connectivity index (χ0) is 24.2. The van der Waals surface area contributed by atoms with Crippen LogP contribution in [0.25, 0.3) is 0 Å². The molecule has 3 aromatic rings. The van der Waals surface area contributed by atoms with Gasteiger partial charge in [-0.05, 0) is 24.3 Å². The summed E-state index contributed by atoms with van der Waals surface area (Å²) in [5, 5.41) is -1.18. The smallest absolute Gasteiger partial charge is 0.338 e. The Morgan fingerprint density at radius 3 is 2.21 bits per heavy atom. The van der Waals surface area contributed by atoms with Crippen LogP contribution in [-0.2, 0) is 14.2 Å². The van der Waals surface area contributed by atoms with Gasteiger partial charge in [-0.2, -0.15) is 4.39 Å². The summed E-state index contributed by atoms with van der Waals surface area (Å²) < 4.78 is 31.2. The molecule has 11 heteroatoms. The Bertz CT molecular complexity index is 1300. The highest BCUT2D eigenvalue weighted by molar-refractivity contribution is 6.21. The topological polar surface area (TPSA) is 117 Å². The molecule has 0 radical (unpaired) electrons. The van der Waals surface area contributed by atoms with Crippen molar-refractivity contribution in [2.75, 3.05) is 6.61 Å². The van der Waals surface area contributed by atoms with Gasteiger partial charge in [0, 0.05) is 0 Å². The van der Waals surface area contributed by atoms with Gasteiger partial charge in [0.25, 0.3) is 5.56 Å². The lowest BCUT2D eigenvalue weighted by molar-refractivity contribution is -0.0584. The van der Waals surface area contributed by atoms with Crippen LogP contribution in [0.15, 0.2) is 76.4 Å². The average Bonchev–Trinajstić information content (AvgIpc) is 3.15. The number of H-pyrrole nitrogens is 1. The number of esters is 2. The van der Waals surface area contributed by atoms with Crippen molar-refractivity contribution in [2.24, 2.45) is 0 Å². The van der Waals surface area contributed by atoms with Crippen LogP contribution in [-0.4, -0.2) is 45.7 Å². The molecule has 0 bridgehead atoms. The third kappa shape index (κ3) is 4.92. The van der Waals surface area contributed by atoms with E-state index < -0.39 is 52.8 Å². The highest BCUT2D eigenvalue weighted by Crippen LogP contribution is 2.35. The molecule has 2 aromatic carbocycles. The van der Waals surface area contributed by atoms with Crippen LogP contribution in [0.1, 0.15) is 26.9 Å².